The predicted octanol–water partition coefficient (Wildman–Crippen LogP) is 0.774. The maximum absolute atomic E-state index is 12.4. The quantitative estimate of drug-likeness (QED) is 0.757. The Hall–Kier alpha value is -1.38. The molecule has 0 saturated carbocycles. The molecule has 0 radical (unpaired) electrons. The van der Waals surface area contributed by atoms with E-state index in [-0.39, 0.29) is 18.6 Å². The average molecular weight is 383 g/mol. The third kappa shape index (κ3) is 5.56. The normalized spacial score (nSPS) is 26.3. The van der Waals surface area contributed by atoms with E-state index in [0.717, 1.165) is 58.5 Å². The van der Waals surface area contributed by atoms with Crippen molar-refractivity contribution in [3.63, 3.8) is 0 Å². The first-order chi connectivity index (χ1) is 13.0. The Morgan fingerprint density at radius 3 is 2.33 bits per heavy atom. The van der Waals surface area contributed by atoms with Crippen LogP contribution in [-0.4, -0.2) is 115 Å². The van der Waals surface area contributed by atoms with Gasteiger partial charge in [-0.1, -0.05) is 0 Å². The molecule has 0 bridgehead atoms. The van der Waals surface area contributed by atoms with Crippen molar-refractivity contribution in [3.8, 4) is 0 Å². The molecule has 3 rings (SSSR count). The van der Waals surface area contributed by atoms with Gasteiger partial charge in [-0.25, -0.2) is 4.79 Å². The van der Waals surface area contributed by atoms with Gasteiger partial charge in [0.15, 0.2) is 0 Å². The zero-order chi connectivity index (χ0) is 19.2. The fourth-order valence-corrected chi connectivity index (χ4v) is 4.50. The van der Waals surface area contributed by atoms with E-state index in [1.807, 2.05) is 4.90 Å². The second-order valence-corrected chi connectivity index (χ2v) is 8.09. The number of ether oxygens (including phenoxy) is 1. The van der Waals surface area contributed by atoms with Crippen molar-refractivity contribution in [2.24, 2.45) is 0 Å². The zero-order valence-corrected chi connectivity index (χ0v) is 16.5. The molecular weight excluding hydrogens is 348 g/mol. The third-order valence-electron chi connectivity index (χ3n) is 6.28. The van der Waals surface area contributed by atoms with E-state index < -0.39 is 6.09 Å². The molecule has 3 saturated heterocycles. The number of carboxylic acid groups (broad SMARTS) is 1. The number of carbonyl (C=O) groups is 2. The van der Waals surface area contributed by atoms with Crippen molar-refractivity contribution < 1.29 is 19.4 Å². The van der Waals surface area contributed by atoms with Gasteiger partial charge in [-0.05, 0) is 52.2 Å². The molecule has 154 valence electrons. The minimum absolute atomic E-state index is 0.0238. The summed E-state index contributed by atoms with van der Waals surface area (Å²) < 4.78 is 5.61. The van der Waals surface area contributed by atoms with Crippen LogP contribution >= 0.6 is 0 Å². The highest BCUT2D eigenvalue weighted by atomic mass is 16.5. The van der Waals surface area contributed by atoms with Gasteiger partial charge >= 0.3 is 6.09 Å². The fourth-order valence-electron chi connectivity index (χ4n) is 4.50. The van der Waals surface area contributed by atoms with Crippen molar-refractivity contribution in [1.82, 2.24) is 19.6 Å². The summed E-state index contributed by atoms with van der Waals surface area (Å²) in [5.41, 5.74) is 0. The molecule has 3 aliphatic rings. The molecule has 1 unspecified atom stereocenters. The monoisotopic (exact) mass is 382 g/mol. The van der Waals surface area contributed by atoms with Gasteiger partial charge in [0.05, 0.1) is 12.6 Å². The lowest BCUT2D eigenvalue weighted by Gasteiger charge is -2.42. The van der Waals surface area contributed by atoms with Gasteiger partial charge in [0.25, 0.3) is 0 Å². The van der Waals surface area contributed by atoms with Crippen LogP contribution in [0.3, 0.4) is 0 Å². The summed E-state index contributed by atoms with van der Waals surface area (Å²) in [6.07, 6.45) is 4.29. The highest BCUT2D eigenvalue weighted by Gasteiger charge is 2.29. The summed E-state index contributed by atoms with van der Waals surface area (Å²) in [6.45, 7) is 6.66. The molecule has 3 aliphatic heterocycles. The Morgan fingerprint density at radius 2 is 1.67 bits per heavy atom. The van der Waals surface area contributed by atoms with Gasteiger partial charge in [-0.15, -0.1) is 0 Å². The van der Waals surface area contributed by atoms with Gasteiger partial charge in [-0.2, -0.15) is 0 Å². The highest BCUT2D eigenvalue weighted by Crippen LogP contribution is 2.19. The second-order valence-electron chi connectivity index (χ2n) is 8.09. The minimum atomic E-state index is -0.889. The molecule has 8 heteroatoms. The maximum Gasteiger partial charge on any atom is 0.407 e. The van der Waals surface area contributed by atoms with Crippen LogP contribution in [-0.2, 0) is 9.53 Å². The SMILES string of the molecule is CN1CCC(N2CCN(C(=O)COCC3CCCCN3C(=O)O)CC2)CC1. The molecule has 0 spiro atoms. The molecule has 0 aliphatic carbocycles. The molecule has 1 atom stereocenters. The number of hydrogen-bond donors (Lipinski definition) is 1. The van der Waals surface area contributed by atoms with E-state index in [4.69, 9.17) is 4.74 Å². The zero-order valence-electron chi connectivity index (χ0n) is 16.5. The van der Waals surface area contributed by atoms with Gasteiger partial charge in [0.1, 0.15) is 6.61 Å². The summed E-state index contributed by atoms with van der Waals surface area (Å²) in [6, 6.07) is 0.535. The number of rotatable bonds is 5. The lowest BCUT2D eigenvalue weighted by molar-refractivity contribution is -0.139. The van der Waals surface area contributed by atoms with Gasteiger partial charge in [-0.3, -0.25) is 9.69 Å². The first-order valence-corrected chi connectivity index (χ1v) is 10.3. The summed E-state index contributed by atoms with van der Waals surface area (Å²) in [4.78, 5) is 32.0. The number of carbonyl (C=O) groups excluding carboxylic acids is 1. The molecule has 3 fully saturated rings. The molecule has 0 aromatic heterocycles. The maximum atomic E-state index is 12.4. The topological polar surface area (TPSA) is 76.6 Å². The molecular formula is C19H34N4O4. The number of likely N-dealkylation sites (tertiary alicyclic amines) is 2. The number of piperidine rings is 2. The molecule has 3 heterocycles. The Kier molecular flexibility index (Phi) is 7.32. The summed E-state index contributed by atoms with van der Waals surface area (Å²) in [7, 11) is 2.18. The number of amides is 2. The molecule has 2 amide bonds. The summed E-state index contributed by atoms with van der Waals surface area (Å²) >= 11 is 0. The Labute approximate surface area is 162 Å². The lowest BCUT2D eigenvalue weighted by atomic mass is 10.0. The lowest BCUT2D eigenvalue weighted by Crippen LogP contribution is -2.54. The molecule has 0 aromatic rings. The Balaban J connectivity index is 1.35. The number of nitrogens with zero attached hydrogens (tertiary/aromatic N) is 4. The van der Waals surface area contributed by atoms with E-state index >= 15 is 0 Å². The predicted molar refractivity (Wildman–Crippen MR) is 102 cm³/mol. The van der Waals surface area contributed by atoms with Crippen LogP contribution < -0.4 is 0 Å². The summed E-state index contributed by atoms with van der Waals surface area (Å²) in [5.74, 6) is 0.0238. The fraction of sp³-hybridized carbons (Fsp3) is 0.895. The third-order valence-corrected chi connectivity index (χ3v) is 6.28. The average Bonchev–Trinajstić information content (AvgIpc) is 2.69. The molecule has 1 N–H and O–H groups in total. The second kappa shape index (κ2) is 9.71. The highest BCUT2D eigenvalue weighted by molar-refractivity contribution is 5.77. The van der Waals surface area contributed by atoms with Crippen LogP contribution in [0.1, 0.15) is 32.1 Å². The van der Waals surface area contributed by atoms with E-state index in [1.165, 1.54) is 17.7 Å². The van der Waals surface area contributed by atoms with E-state index in [1.54, 1.807) is 0 Å². The largest absolute Gasteiger partial charge is 0.465 e. The van der Waals surface area contributed by atoms with Crippen LogP contribution in [0.15, 0.2) is 0 Å². The van der Waals surface area contributed by atoms with Gasteiger partial charge in [0, 0.05) is 38.8 Å². The number of piperazine rings is 1. The van der Waals surface area contributed by atoms with Crippen LogP contribution in [0.2, 0.25) is 0 Å². The molecule has 27 heavy (non-hydrogen) atoms. The van der Waals surface area contributed by atoms with E-state index in [2.05, 4.69) is 16.8 Å². The minimum Gasteiger partial charge on any atom is -0.465 e. The van der Waals surface area contributed by atoms with Crippen LogP contribution in [0.5, 0.6) is 0 Å². The standard InChI is InChI=1S/C19H34N4O4/c1-20-8-5-16(6-9-20)21-10-12-22(13-11-21)18(24)15-27-14-17-4-2-3-7-23(17)19(25)26/h16-17H,2-15H2,1H3,(H,25,26). The van der Waals surface area contributed by atoms with Gasteiger partial charge in [0.2, 0.25) is 5.91 Å². The van der Waals surface area contributed by atoms with Crippen LogP contribution in [0, 0.1) is 0 Å². The Bertz CT molecular complexity index is 502. The molecule has 8 nitrogen and oxygen atoms in total. The van der Waals surface area contributed by atoms with Crippen LogP contribution in [0.4, 0.5) is 4.79 Å². The van der Waals surface area contributed by atoms with E-state index in [0.29, 0.717) is 19.2 Å². The smallest absolute Gasteiger partial charge is 0.407 e. The van der Waals surface area contributed by atoms with Crippen molar-refractivity contribution >= 4 is 12.0 Å². The van der Waals surface area contributed by atoms with Crippen molar-refractivity contribution in [2.75, 3.05) is 66.1 Å². The van der Waals surface area contributed by atoms with Crippen molar-refractivity contribution in [1.29, 1.82) is 0 Å². The van der Waals surface area contributed by atoms with Crippen molar-refractivity contribution in [2.45, 2.75) is 44.2 Å². The first-order valence-electron chi connectivity index (χ1n) is 10.3. The summed E-state index contributed by atoms with van der Waals surface area (Å²) in [5, 5.41) is 9.26. The molecule has 0 aromatic carbocycles. The first kappa shape index (κ1) is 20.4. The number of hydrogen-bond acceptors (Lipinski definition) is 5. The van der Waals surface area contributed by atoms with E-state index in [9.17, 15) is 14.7 Å². The van der Waals surface area contributed by atoms with Crippen molar-refractivity contribution in [3.05, 3.63) is 0 Å². The van der Waals surface area contributed by atoms with Crippen LogP contribution in [0.25, 0.3) is 0 Å². The Morgan fingerprint density at radius 1 is 0.963 bits per heavy atom. The van der Waals surface area contributed by atoms with Gasteiger partial charge < -0.3 is 24.5 Å².